The molecule has 5 aromatic rings. The molecule has 0 saturated carbocycles. The first-order valence-corrected chi connectivity index (χ1v) is 10.1. The van der Waals surface area contributed by atoms with Crippen molar-refractivity contribution in [1.29, 1.82) is 0 Å². The number of H-pyrrole nitrogens is 2. The molecule has 0 saturated heterocycles. The number of hydrogen-bond donors (Lipinski definition) is 4. The molecule has 29 heavy (non-hydrogen) atoms. The van der Waals surface area contributed by atoms with Gasteiger partial charge >= 0.3 is 0 Å². The molecule has 5 rings (SSSR count). The van der Waals surface area contributed by atoms with Crippen LogP contribution < -0.4 is 5.32 Å². The summed E-state index contributed by atoms with van der Waals surface area (Å²) in [5, 5.41) is 17.1. The second kappa shape index (κ2) is 6.79. The first-order chi connectivity index (χ1) is 14.1. The molecule has 0 spiro atoms. The predicted molar refractivity (Wildman–Crippen MR) is 116 cm³/mol. The van der Waals surface area contributed by atoms with Gasteiger partial charge in [0.25, 0.3) is 0 Å². The number of benzene rings is 2. The highest BCUT2D eigenvalue weighted by Gasteiger charge is 2.15. The number of anilines is 1. The molecule has 7 heteroatoms. The van der Waals surface area contributed by atoms with Crippen LogP contribution >= 0.6 is 11.3 Å². The number of aryl methyl sites for hydroxylation is 1. The summed E-state index contributed by atoms with van der Waals surface area (Å²) in [6, 6.07) is 13.2. The number of para-hydroxylation sites is 1. The van der Waals surface area contributed by atoms with E-state index in [0.29, 0.717) is 5.13 Å². The van der Waals surface area contributed by atoms with Crippen LogP contribution in [0.5, 0.6) is 5.75 Å². The second-order valence-corrected chi connectivity index (χ2v) is 7.84. The molecule has 0 aliphatic rings. The van der Waals surface area contributed by atoms with Crippen LogP contribution in [0.1, 0.15) is 11.3 Å². The molecule has 4 N–H and O–H groups in total. The molecule has 6 nitrogen and oxygen atoms in total. The lowest BCUT2D eigenvalue weighted by Gasteiger charge is -2.02. The predicted octanol–water partition coefficient (Wildman–Crippen LogP) is 4.97. The van der Waals surface area contributed by atoms with E-state index in [-0.39, 0.29) is 18.1 Å². The Morgan fingerprint density at radius 3 is 2.93 bits per heavy atom. The number of fused-ring (bicyclic) bond motifs is 2. The molecule has 144 valence electrons. The Morgan fingerprint density at radius 2 is 2.03 bits per heavy atom. The van der Waals surface area contributed by atoms with Gasteiger partial charge in [0.05, 0.1) is 12.1 Å². The van der Waals surface area contributed by atoms with E-state index in [9.17, 15) is 9.90 Å². The standard InChI is InChI=1S/C22H18N4O2S/c1-12-21(15-4-2-3-5-18(15)24-12)19-11-29-22(25-19)26-20(28)8-13-10-23-17-7-6-14(27)9-16(13)17/h2-7,9-11,23-24,27H,8H2,1H3,(H,25,26,28). The Hall–Kier alpha value is -3.58. The van der Waals surface area contributed by atoms with Crippen LogP contribution in [0.3, 0.4) is 0 Å². The molecule has 1 amide bonds. The van der Waals surface area contributed by atoms with Crippen molar-refractivity contribution in [3.8, 4) is 17.0 Å². The Balaban J connectivity index is 1.37. The van der Waals surface area contributed by atoms with Crippen molar-refractivity contribution in [2.45, 2.75) is 13.3 Å². The van der Waals surface area contributed by atoms with Crippen molar-refractivity contribution >= 4 is 44.2 Å². The van der Waals surface area contributed by atoms with Gasteiger partial charge in [-0.05, 0) is 36.8 Å². The van der Waals surface area contributed by atoms with Gasteiger partial charge in [0.15, 0.2) is 5.13 Å². The lowest BCUT2D eigenvalue weighted by Crippen LogP contribution is -2.14. The van der Waals surface area contributed by atoms with Crippen molar-refractivity contribution in [1.82, 2.24) is 15.0 Å². The van der Waals surface area contributed by atoms with Gasteiger partial charge in [-0.25, -0.2) is 4.98 Å². The van der Waals surface area contributed by atoms with Gasteiger partial charge in [-0.15, -0.1) is 11.3 Å². The first-order valence-electron chi connectivity index (χ1n) is 9.20. The Labute approximate surface area is 170 Å². The fourth-order valence-electron chi connectivity index (χ4n) is 3.70. The minimum absolute atomic E-state index is 0.147. The number of aromatic hydroxyl groups is 1. The summed E-state index contributed by atoms with van der Waals surface area (Å²) in [7, 11) is 0. The van der Waals surface area contributed by atoms with Gasteiger partial charge < -0.3 is 20.4 Å². The topological polar surface area (TPSA) is 93.8 Å². The summed E-state index contributed by atoms with van der Waals surface area (Å²) in [5.41, 5.74) is 5.74. The van der Waals surface area contributed by atoms with Gasteiger partial charge in [-0.2, -0.15) is 0 Å². The third-order valence-corrected chi connectivity index (χ3v) is 5.76. The fraction of sp³-hybridized carbons (Fsp3) is 0.0909. The van der Waals surface area contributed by atoms with Gasteiger partial charge in [-0.3, -0.25) is 4.79 Å². The number of rotatable bonds is 4. The fourth-order valence-corrected chi connectivity index (χ4v) is 4.42. The van der Waals surface area contributed by atoms with Gasteiger partial charge in [-0.1, -0.05) is 18.2 Å². The maximum absolute atomic E-state index is 12.6. The number of carbonyl (C=O) groups excluding carboxylic acids is 1. The summed E-state index contributed by atoms with van der Waals surface area (Å²) < 4.78 is 0. The van der Waals surface area contributed by atoms with Crippen LogP contribution in [0, 0.1) is 6.92 Å². The van der Waals surface area contributed by atoms with Crippen LogP contribution in [-0.4, -0.2) is 26.0 Å². The summed E-state index contributed by atoms with van der Waals surface area (Å²) in [6.45, 7) is 2.03. The number of nitrogens with one attached hydrogen (secondary N) is 3. The molecule has 3 heterocycles. The second-order valence-electron chi connectivity index (χ2n) is 6.98. The zero-order chi connectivity index (χ0) is 20.0. The summed E-state index contributed by atoms with van der Waals surface area (Å²) in [5.74, 6) is 0.0308. The molecule has 2 aromatic carbocycles. The highest BCUT2D eigenvalue weighted by molar-refractivity contribution is 7.14. The maximum Gasteiger partial charge on any atom is 0.230 e. The Bertz CT molecular complexity index is 1360. The van der Waals surface area contributed by atoms with Crippen molar-refractivity contribution < 1.29 is 9.90 Å². The van der Waals surface area contributed by atoms with Gasteiger partial charge in [0, 0.05) is 44.6 Å². The van der Waals surface area contributed by atoms with E-state index >= 15 is 0 Å². The molecule has 0 aliphatic heterocycles. The highest BCUT2D eigenvalue weighted by Crippen LogP contribution is 2.34. The van der Waals surface area contributed by atoms with Crippen LogP contribution in [0.15, 0.2) is 54.0 Å². The first kappa shape index (κ1) is 17.5. The number of thiazole rings is 1. The van der Waals surface area contributed by atoms with E-state index in [4.69, 9.17) is 0 Å². The number of hydrogen-bond acceptors (Lipinski definition) is 4. The number of amides is 1. The average molecular weight is 402 g/mol. The highest BCUT2D eigenvalue weighted by atomic mass is 32.1. The third-order valence-electron chi connectivity index (χ3n) is 5.00. The van der Waals surface area contributed by atoms with Crippen molar-refractivity contribution in [2.75, 3.05) is 5.32 Å². The molecule has 0 fully saturated rings. The molecule has 0 unspecified atom stereocenters. The largest absolute Gasteiger partial charge is 0.508 e. The van der Waals surface area contributed by atoms with Gasteiger partial charge in [0.1, 0.15) is 5.75 Å². The summed E-state index contributed by atoms with van der Waals surface area (Å²) >= 11 is 1.41. The number of nitrogens with zero attached hydrogens (tertiary/aromatic N) is 1. The molecular formula is C22H18N4O2S. The molecule has 0 atom stereocenters. The number of aromatic amines is 2. The van der Waals surface area contributed by atoms with Crippen molar-refractivity contribution in [3.63, 3.8) is 0 Å². The van der Waals surface area contributed by atoms with Crippen LogP contribution in [0.4, 0.5) is 5.13 Å². The van der Waals surface area contributed by atoms with E-state index in [1.54, 1.807) is 24.4 Å². The van der Waals surface area contributed by atoms with E-state index < -0.39 is 0 Å². The monoisotopic (exact) mass is 402 g/mol. The maximum atomic E-state index is 12.6. The van der Waals surface area contributed by atoms with Gasteiger partial charge in [0.2, 0.25) is 5.91 Å². The lowest BCUT2D eigenvalue weighted by molar-refractivity contribution is -0.115. The Morgan fingerprint density at radius 1 is 1.17 bits per heavy atom. The SMILES string of the molecule is Cc1[nH]c2ccccc2c1-c1csc(NC(=O)Cc2c[nH]c3ccc(O)cc23)n1. The molecule has 0 aliphatic carbocycles. The smallest absolute Gasteiger partial charge is 0.230 e. The molecular weight excluding hydrogens is 384 g/mol. The van der Waals surface area contributed by atoms with Crippen LogP contribution in [0.2, 0.25) is 0 Å². The van der Waals surface area contributed by atoms with Crippen molar-refractivity contribution in [3.05, 3.63) is 65.3 Å². The van der Waals surface area contributed by atoms with E-state index in [0.717, 1.165) is 44.3 Å². The normalized spacial score (nSPS) is 11.3. The molecule has 0 bridgehead atoms. The van der Waals surface area contributed by atoms with Crippen LogP contribution in [-0.2, 0) is 11.2 Å². The molecule has 3 aromatic heterocycles. The van der Waals surface area contributed by atoms with Crippen LogP contribution in [0.25, 0.3) is 33.1 Å². The minimum atomic E-state index is -0.147. The van der Waals surface area contributed by atoms with E-state index in [2.05, 4.69) is 26.3 Å². The summed E-state index contributed by atoms with van der Waals surface area (Å²) in [6.07, 6.45) is 2.00. The van der Waals surface area contributed by atoms with E-state index in [1.807, 2.05) is 30.5 Å². The van der Waals surface area contributed by atoms with Crippen molar-refractivity contribution in [2.24, 2.45) is 0 Å². The molecule has 0 radical (unpaired) electrons. The number of carbonyl (C=O) groups is 1. The summed E-state index contributed by atoms with van der Waals surface area (Å²) in [4.78, 5) is 23.7. The number of phenolic OH excluding ortho intramolecular Hbond substituents is 1. The number of aromatic nitrogens is 3. The zero-order valence-corrected chi connectivity index (χ0v) is 16.4. The lowest BCUT2D eigenvalue weighted by atomic mass is 10.1. The van der Waals surface area contributed by atoms with E-state index in [1.165, 1.54) is 11.3 Å². The average Bonchev–Trinajstić information content (AvgIpc) is 3.38. The zero-order valence-electron chi connectivity index (χ0n) is 15.6. The quantitative estimate of drug-likeness (QED) is 0.342. The third kappa shape index (κ3) is 3.15. The number of phenols is 1. The minimum Gasteiger partial charge on any atom is -0.508 e. The Kier molecular flexibility index (Phi) is 4.10.